The van der Waals surface area contributed by atoms with Crippen LogP contribution in [-0.2, 0) is 11.3 Å². The molecule has 0 atom stereocenters. The van der Waals surface area contributed by atoms with Crippen LogP contribution in [-0.4, -0.2) is 31.8 Å². The van der Waals surface area contributed by atoms with Crippen molar-refractivity contribution in [3.63, 3.8) is 0 Å². The number of benzene rings is 1. The Kier molecular flexibility index (Phi) is 5.53. The number of methoxy groups -OCH3 is 1. The SMILES string of the molecule is COCCN(CC(C)C)c1c(CN)cnc2ccccc12. The molecule has 4 nitrogen and oxygen atoms in total. The first-order chi connectivity index (χ1) is 10.2. The molecule has 0 aliphatic rings. The van der Waals surface area contributed by atoms with Crippen LogP contribution in [0, 0.1) is 5.92 Å². The van der Waals surface area contributed by atoms with E-state index in [1.807, 2.05) is 18.3 Å². The van der Waals surface area contributed by atoms with Gasteiger partial charge in [0.2, 0.25) is 0 Å². The number of rotatable bonds is 7. The second-order valence-corrected chi connectivity index (χ2v) is 5.69. The van der Waals surface area contributed by atoms with E-state index in [0.29, 0.717) is 19.1 Å². The quantitative estimate of drug-likeness (QED) is 0.851. The summed E-state index contributed by atoms with van der Waals surface area (Å²) in [5, 5.41) is 1.16. The number of nitrogens with zero attached hydrogens (tertiary/aromatic N) is 2. The number of aromatic nitrogens is 1. The molecule has 4 heteroatoms. The fourth-order valence-electron chi connectivity index (χ4n) is 2.63. The molecule has 2 rings (SSSR count). The highest BCUT2D eigenvalue weighted by Gasteiger charge is 2.16. The molecule has 1 aromatic heterocycles. The maximum Gasteiger partial charge on any atom is 0.0723 e. The van der Waals surface area contributed by atoms with Crippen LogP contribution < -0.4 is 10.6 Å². The molecule has 0 saturated carbocycles. The number of ether oxygens (including phenoxy) is 1. The predicted octanol–water partition coefficient (Wildman–Crippen LogP) is 2.80. The van der Waals surface area contributed by atoms with Gasteiger partial charge in [-0.15, -0.1) is 0 Å². The minimum absolute atomic E-state index is 0.495. The third-order valence-electron chi connectivity index (χ3n) is 3.51. The van der Waals surface area contributed by atoms with Gasteiger partial charge in [-0.3, -0.25) is 4.98 Å². The fourth-order valence-corrected chi connectivity index (χ4v) is 2.63. The van der Waals surface area contributed by atoms with E-state index in [4.69, 9.17) is 10.5 Å². The van der Waals surface area contributed by atoms with Gasteiger partial charge in [0, 0.05) is 43.9 Å². The third-order valence-corrected chi connectivity index (χ3v) is 3.51. The van der Waals surface area contributed by atoms with Crippen LogP contribution in [0.15, 0.2) is 30.5 Å². The second-order valence-electron chi connectivity index (χ2n) is 5.69. The molecule has 2 aromatic rings. The van der Waals surface area contributed by atoms with Gasteiger partial charge in [0.1, 0.15) is 0 Å². The monoisotopic (exact) mass is 287 g/mol. The van der Waals surface area contributed by atoms with Gasteiger partial charge in [-0.05, 0) is 12.0 Å². The molecule has 0 radical (unpaired) electrons. The minimum Gasteiger partial charge on any atom is -0.383 e. The van der Waals surface area contributed by atoms with Gasteiger partial charge in [0.05, 0.1) is 17.8 Å². The molecule has 0 aliphatic heterocycles. The molecular formula is C17H25N3O. The summed E-state index contributed by atoms with van der Waals surface area (Å²) in [5.74, 6) is 0.569. The van der Waals surface area contributed by atoms with Crippen LogP contribution in [0.3, 0.4) is 0 Å². The summed E-state index contributed by atoms with van der Waals surface area (Å²) in [6.45, 7) is 7.48. The molecule has 0 fully saturated rings. The molecule has 2 N–H and O–H groups in total. The first-order valence-electron chi connectivity index (χ1n) is 7.48. The lowest BCUT2D eigenvalue weighted by molar-refractivity contribution is 0.204. The highest BCUT2D eigenvalue weighted by atomic mass is 16.5. The van der Waals surface area contributed by atoms with Gasteiger partial charge in [-0.25, -0.2) is 0 Å². The van der Waals surface area contributed by atoms with Gasteiger partial charge in [0.15, 0.2) is 0 Å². The highest BCUT2D eigenvalue weighted by molar-refractivity contribution is 5.93. The molecule has 0 spiro atoms. The number of anilines is 1. The predicted molar refractivity (Wildman–Crippen MR) is 88.6 cm³/mol. The van der Waals surface area contributed by atoms with Gasteiger partial charge in [-0.2, -0.15) is 0 Å². The van der Waals surface area contributed by atoms with E-state index in [1.165, 1.54) is 5.69 Å². The lowest BCUT2D eigenvalue weighted by Gasteiger charge is -2.29. The van der Waals surface area contributed by atoms with Crippen LogP contribution in [0.5, 0.6) is 0 Å². The molecule has 0 bridgehead atoms. The molecule has 114 valence electrons. The van der Waals surface area contributed by atoms with Crippen LogP contribution in [0.25, 0.3) is 10.9 Å². The van der Waals surface area contributed by atoms with Crippen LogP contribution in [0.4, 0.5) is 5.69 Å². The maximum absolute atomic E-state index is 5.94. The third kappa shape index (κ3) is 3.71. The van der Waals surface area contributed by atoms with Crippen molar-refractivity contribution in [3.8, 4) is 0 Å². The number of nitrogens with two attached hydrogens (primary N) is 1. The maximum atomic E-state index is 5.94. The Morgan fingerprint density at radius 3 is 2.71 bits per heavy atom. The van der Waals surface area contributed by atoms with Crippen molar-refractivity contribution in [1.82, 2.24) is 4.98 Å². The summed E-state index contributed by atoms with van der Waals surface area (Å²) in [6.07, 6.45) is 1.90. The van der Waals surface area contributed by atoms with Crippen LogP contribution in [0.1, 0.15) is 19.4 Å². The molecule has 0 unspecified atom stereocenters. The Morgan fingerprint density at radius 1 is 1.29 bits per heavy atom. The molecular weight excluding hydrogens is 262 g/mol. The van der Waals surface area contributed by atoms with Crippen molar-refractivity contribution in [2.45, 2.75) is 20.4 Å². The van der Waals surface area contributed by atoms with E-state index >= 15 is 0 Å². The average Bonchev–Trinajstić information content (AvgIpc) is 2.50. The lowest BCUT2D eigenvalue weighted by atomic mass is 10.1. The summed E-state index contributed by atoms with van der Waals surface area (Å²) in [7, 11) is 1.74. The highest BCUT2D eigenvalue weighted by Crippen LogP contribution is 2.30. The van der Waals surface area contributed by atoms with Crippen molar-refractivity contribution in [3.05, 3.63) is 36.0 Å². The van der Waals surface area contributed by atoms with Gasteiger partial charge in [-0.1, -0.05) is 32.0 Å². The summed E-state index contributed by atoms with van der Waals surface area (Å²) >= 11 is 0. The summed E-state index contributed by atoms with van der Waals surface area (Å²) in [5.41, 5.74) is 9.24. The van der Waals surface area contributed by atoms with Gasteiger partial charge in [0.25, 0.3) is 0 Å². The zero-order valence-corrected chi connectivity index (χ0v) is 13.2. The topological polar surface area (TPSA) is 51.4 Å². The van der Waals surface area contributed by atoms with Crippen LogP contribution in [0.2, 0.25) is 0 Å². The molecule has 1 heterocycles. The number of pyridine rings is 1. The van der Waals surface area contributed by atoms with Crippen molar-refractivity contribution in [2.75, 3.05) is 31.7 Å². The van der Waals surface area contributed by atoms with E-state index in [2.05, 4.69) is 35.9 Å². The largest absolute Gasteiger partial charge is 0.383 e. The number of hydrogen-bond donors (Lipinski definition) is 1. The molecule has 0 aliphatic carbocycles. The summed E-state index contributed by atoms with van der Waals surface area (Å²) in [6, 6.07) is 8.24. The summed E-state index contributed by atoms with van der Waals surface area (Å²) < 4.78 is 5.27. The van der Waals surface area contributed by atoms with Gasteiger partial charge >= 0.3 is 0 Å². The van der Waals surface area contributed by atoms with Crippen molar-refractivity contribution in [1.29, 1.82) is 0 Å². The normalized spacial score (nSPS) is 11.3. The zero-order valence-electron chi connectivity index (χ0n) is 13.2. The number of para-hydroxylation sites is 1. The minimum atomic E-state index is 0.495. The van der Waals surface area contributed by atoms with E-state index in [9.17, 15) is 0 Å². The lowest BCUT2D eigenvalue weighted by Crippen LogP contribution is -2.32. The van der Waals surface area contributed by atoms with Crippen molar-refractivity contribution in [2.24, 2.45) is 11.7 Å². The van der Waals surface area contributed by atoms with Crippen molar-refractivity contribution >= 4 is 16.6 Å². The van der Waals surface area contributed by atoms with Crippen molar-refractivity contribution < 1.29 is 4.74 Å². The molecule has 1 aromatic carbocycles. The molecule has 0 amide bonds. The standard InChI is InChI=1S/C17H25N3O/c1-13(2)12-20(8-9-21-3)17-14(10-18)11-19-16-7-5-4-6-15(16)17/h4-7,11,13H,8-10,12,18H2,1-3H3. The Bertz CT molecular complexity index is 583. The second kappa shape index (κ2) is 7.38. The van der Waals surface area contributed by atoms with E-state index in [-0.39, 0.29) is 0 Å². The molecule has 21 heavy (non-hydrogen) atoms. The Morgan fingerprint density at radius 2 is 2.05 bits per heavy atom. The Labute approximate surface area is 126 Å². The first-order valence-corrected chi connectivity index (χ1v) is 7.48. The zero-order chi connectivity index (χ0) is 15.2. The number of fused-ring (bicyclic) bond motifs is 1. The van der Waals surface area contributed by atoms with E-state index in [0.717, 1.165) is 29.6 Å². The first kappa shape index (κ1) is 15.7. The Hall–Kier alpha value is -1.65. The van der Waals surface area contributed by atoms with E-state index < -0.39 is 0 Å². The van der Waals surface area contributed by atoms with Crippen LogP contribution >= 0.6 is 0 Å². The van der Waals surface area contributed by atoms with E-state index in [1.54, 1.807) is 7.11 Å². The smallest absolute Gasteiger partial charge is 0.0723 e. The average molecular weight is 287 g/mol. The summed E-state index contributed by atoms with van der Waals surface area (Å²) in [4.78, 5) is 6.89. The fraction of sp³-hybridized carbons (Fsp3) is 0.471. The Balaban J connectivity index is 2.52. The molecule has 0 saturated heterocycles. The number of hydrogen-bond acceptors (Lipinski definition) is 4. The van der Waals surface area contributed by atoms with Gasteiger partial charge < -0.3 is 15.4 Å².